The number of nitrogens with zero attached hydrogens (tertiary/aromatic N) is 1. The second-order valence-corrected chi connectivity index (χ2v) is 7.91. The van der Waals surface area contributed by atoms with Crippen LogP contribution in [-0.4, -0.2) is 23.4 Å². The largest absolute Gasteiger partial charge is 0.369 e. The minimum absolute atomic E-state index is 0.139. The smallest absolute Gasteiger partial charge is 0.189 e. The Morgan fingerprint density at radius 1 is 0.900 bits per heavy atom. The molecule has 3 nitrogen and oxygen atoms in total. The molecule has 1 aliphatic rings. The predicted molar refractivity (Wildman–Crippen MR) is 123 cm³/mol. The van der Waals surface area contributed by atoms with Crippen molar-refractivity contribution in [2.45, 2.75) is 59.7 Å². The molecule has 0 saturated carbocycles. The lowest BCUT2D eigenvalue weighted by molar-refractivity contribution is -0.112. The zero-order valence-corrected chi connectivity index (χ0v) is 18.7. The van der Waals surface area contributed by atoms with Crippen LogP contribution in [0.1, 0.15) is 51.7 Å². The van der Waals surface area contributed by atoms with Gasteiger partial charge in [0.1, 0.15) is 6.10 Å². The molecule has 0 N–H and O–H groups in total. The van der Waals surface area contributed by atoms with Crippen molar-refractivity contribution in [3.8, 4) is 0 Å². The zero-order valence-electron chi connectivity index (χ0n) is 18.7. The highest BCUT2D eigenvalue weighted by Crippen LogP contribution is 2.36. The fraction of sp³-hybridized carbons (Fsp3) is 0.370. The van der Waals surface area contributed by atoms with Crippen molar-refractivity contribution in [3.63, 3.8) is 0 Å². The summed E-state index contributed by atoms with van der Waals surface area (Å²) in [7, 11) is 0. The molecule has 1 aliphatic carbocycles. The lowest BCUT2D eigenvalue weighted by Crippen LogP contribution is -2.28. The van der Waals surface area contributed by atoms with Gasteiger partial charge in [0.05, 0.1) is 5.57 Å². The van der Waals surface area contributed by atoms with Crippen LogP contribution in [0, 0.1) is 0 Å². The molecule has 0 spiro atoms. The molecule has 0 fully saturated rings. The normalized spacial score (nSPS) is 18.1. The molecule has 3 heteroatoms. The maximum Gasteiger partial charge on any atom is 0.189 e. The number of Topliss-reactive ketones (excluding diaryl/α,β-unsaturated/α-hetero) is 1. The van der Waals surface area contributed by atoms with Gasteiger partial charge in [0.2, 0.25) is 0 Å². The van der Waals surface area contributed by atoms with E-state index in [0.717, 1.165) is 48.3 Å². The molecule has 1 unspecified atom stereocenters. The summed E-state index contributed by atoms with van der Waals surface area (Å²) in [6, 6.07) is 21.0. The molecule has 30 heavy (non-hydrogen) atoms. The van der Waals surface area contributed by atoms with E-state index in [1.54, 1.807) is 0 Å². The van der Waals surface area contributed by atoms with Gasteiger partial charge in [-0.05, 0) is 49.5 Å². The Kier molecular flexibility index (Phi) is 7.64. The van der Waals surface area contributed by atoms with E-state index in [4.69, 9.17) is 4.74 Å². The van der Waals surface area contributed by atoms with Gasteiger partial charge in [0.15, 0.2) is 5.78 Å². The van der Waals surface area contributed by atoms with E-state index in [2.05, 4.69) is 60.4 Å². The highest BCUT2D eigenvalue weighted by molar-refractivity contribution is 6.13. The van der Waals surface area contributed by atoms with E-state index in [-0.39, 0.29) is 11.9 Å². The highest BCUT2D eigenvalue weighted by Gasteiger charge is 2.36. The van der Waals surface area contributed by atoms with Crippen molar-refractivity contribution in [1.82, 2.24) is 4.90 Å². The van der Waals surface area contributed by atoms with Crippen LogP contribution in [0.25, 0.3) is 0 Å². The number of ether oxygens (including phenoxy) is 1. The number of benzene rings is 2. The molecule has 0 aromatic heterocycles. The Labute approximate surface area is 181 Å². The first-order valence-corrected chi connectivity index (χ1v) is 11.0. The van der Waals surface area contributed by atoms with Crippen LogP contribution in [-0.2, 0) is 22.6 Å². The first kappa shape index (κ1) is 22.0. The molecule has 0 heterocycles. The van der Waals surface area contributed by atoms with E-state index >= 15 is 0 Å². The summed E-state index contributed by atoms with van der Waals surface area (Å²) in [5.74, 6) is 0.139. The minimum atomic E-state index is -0.238. The molecule has 0 aliphatic heterocycles. The SMILES string of the molecule is CCC/C(=C1/C(=O)C(C)=C(C)C1OCC)N(Cc1ccccc1)Cc1ccccc1. The Bertz CT molecular complexity index is 871. The van der Waals surface area contributed by atoms with Crippen LogP contribution < -0.4 is 0 Å². The van der Waals surface area contributed by atoms with Crippen molar-refractivity contribution in [3.05, 3.63) is 94.2 Å². The van der Waals surface area contributed by atoms with E-state index in [1.165, 1.54) is 11.1 Å². The maximum atomic E-state index is 13.3. The number of carbonyl (C=O) groups excluding carboxylic acids is 1. The van der Waals surface area contributed by atoms with Gasteiger partial charge in [-0.25, -0.2) is 0 Å². The number of hydrogen-bond donors (Lipinski definition) is 0. The summed E-state index contributed by atoms with van der Waals surface area (Å²) in [4.78, 5) is 15.7. The number of carbonyl (C=O) groups is 1. The van der Waals surface area contributed by atoms with Crippen LogP contribution in [0.4, 0.5) is 0 Å². The van der Waals surface area contributed by atoms with E-state index in [9.17, 15) is 4.79 Å². The third-order valence-electron chi connectivity index (χ3n) is 5.78. The van der Waals surface area contributed by atoms with Gasteiger partial charge in [-0.1, -0.05) is 74.0 Å². The number of ketones is 1. The Morgan fingerprint density at radius 2 is 1.43 bits per heavy atom. The zero-order chi connectivity index (χ0) is 21.5. The quantitative estimate of drug-likeness (QED) is 0.476. The lowest BCUT2D eigenvalue weighted by Gasteiger charge is -2.31. The molecule has 0 amide bonds. The maximum absolute atomic E-state index is 13.3. The summed E-state index contributed by atoms with van der Waals surface area (Å²) in [6.45, 7) is 10.2. The molecular formula is C27H33NO2. The van der Waals surface area contributed by atoms with E-state index < -0.39 is 0 Å². The second-order valence-electron chi connectivity index (χ2n) is 7.91. The summed E-state index contributed by atoms with van der Waals surface area (Å²) in [6.07, 6.45) is 1.59. The highest BCUT2D eigenvalue weighted by atomic mass is 16.5. The van der Waals surface area contributed by atoms with Gasteiger partial charge in [-0.2, -0.15) is 0 Å². The van der Waals surface area contributed by atoms with Crippen molar-refractivity contribution < 1.29 is 9.53 Å². The fourth-order valence-electron chi connectivity index (χ4n) is 4.12. The average molecular weight is 404 g/mol. The Morgan fingerprint density at radius 3 is 1.90 bits per heavy atom. The second kappa shape index (κ2) is 10.4. The standard InChI is InChI=1S/C27H33NO2/c1-5-13-24(25-26(29)20(3)21(4)27(25)30-6-2)28(18-22-14-9-7-10-15-22)19-23-16-11-8-12-17-23/h7-12,14-17,27H,5-6,13,18-19H2,1-4H3/b25-24+. The van der Waals surface area contributed by atoms with Gasteiger partial charge in [-0.15, -0.1) is 0 Å². The molecule has 1 atom stereocenters. The number of rotatable bonds is 9. The first-order valence-electron chi connectivity index (χ1n) is 11.0. The third kappa shape index (κ3) is 4.91. The summed E-state index contributed by atoms with van der Waals surface area (Å²) >= 11 is 0. The molecule has 2 aromatic rings. The summed E-state index contributed by atoms with van der Waals surface area (Å²) in [5, 5.41) is 0. The summed E-state index contributed by atoms with van der Waals surface area (Å²) < 4.78 is 6.08. The van der Waals surface area contributed by atoms with E-state index in [0.29, 0.717) is 6.61 Å². The molecule has 2 aromatic carbocycles. The fourth-order valence-corrected chi connectivity index (χ4v) is 4.12. The number of allylic oxidation sites excluding steroid dienone is 2. The van der Waals surface area contributed by atoms with Crippen LogP contribution in [0.2, 0.25) is 0 Å². The van der Waals surface area contributed by atoms with Crippen LogP contribution in [0.5, 0.6) is 0 Å². The topological polar surface area (TPSA) is 29.5 Å². The molecule has 158 valence electrons. The minimum Gasteiger partial charge on any atom is -0.369 e. The Hall–Kier alpha value is -2.65. The van der Waals surface area contributed by atoms with Crippen LogP contribution in [0.15, 0.2) is 83.1 Å². The first-order chi connectivity index (χ1) is 14.6. The molecular weight excluding hydrogens is 370 g/mol. The summed E-state index contributed by atoms with van der Waals surface area (Å²) in [5.41, 5.74) is 6.30. The van der Waals surface area contributed by atoms with Gasteiger partial charge in [0, 0.05) is 25.4 Å². The molecule has 0 bridgehead atoms. The molecule has 3 rings (SSSR count). The van der Waals surface area contributed by atoms with Crippen molar-refractivity contribution in [2.75, 3.05) is 6.61 Å². The van der Waals surface area contributed by atoms with Crippen LogP contribution in [0.3, 0.4) is 0 Å². The van der Waals surface area contributed by atoms with Gasteiger partial charge < -0.3 is 9.64 Å². The van der Waals surface area contributed by atoms with Gasteiger partial charge in [0.25, 0.3) is 0 Å². The average Bonchev–Trinajstić information content (AvgIpc) is 2.97. The van der Waals surface area contributed by atoms with Crippen molar-refractivity contribution in [2.24, 2.45) is 0 Å². The predicted octanol–water partition coefficient (Wildman–Crippen LogP) is 6.07. The monoisotopic (exact) mass is 403 g/mol. The van der Waals surface area contributed by atoms with Gasteiger partial charge in [-0.3, -0.25) is 4.79 Å². The van der Waals surface area contributed by atoms with Crippen molar-refractivity contribution >= 4 is 5.78 Å². The van der Waals surface area contributed by atoms with Gasteiger partial charge >= 0.3 is 0 Å². The number of hydrogen-bond acceptors (Lipinski definition) is 3. The van der Waals surface area contributed by atoms with E-state index in [1.807, 2.05) is 32.9 Å². The Balaban J connectivity index is 2.08. The lowest BCUT2D eigenvalue weighted by atomic mass is 10.0. The van der Waals surface area contributed by atoms with Crippen LogP contribution >= 0.6 is 0 Å². The third-order valence-corrected chi connectivity index (χ3v) is 5.78. The molecule has 0 radical (unpaired) electrons. The molecule has 0 saturated heterocycles. The van der Waals surface area contributed by atoms with Crippen molar-refractivity contribution in [1.29, 1.82) is 0 Å².